The standard InChI is InChI=1S/C20H22N4OS/c1-13-7-5-10-17(11-13)24-16(4)22-23-20(24)26-12-18(25)21-19-14(2)8-6-9-15(19)3/h5-11H,12H2,1-4H3,(H,21,25). The van der Waals surface area contributed by atoms with Crippen LogP contribution in [0.15, 0.2) is 47.6 Å². The van der Waals surface area contributed by atoms with E-state index >= 15 is 0 Å². The molecular formula is C20H22N4OS. The minimum atomic E-state index is -0.0520. The lowest BCUT2D eigenvalue weighted by Gasteiger charge is -2.12. The second-order valence-electron chi connectivity index (χ2n) is 6.31. The van der Waals surface area contributed by atoms with Gasteiger partial charge in [0.2, 0.25) is 5.91 Å². The summed E-state index contributed by atoms with van der Waals surface area (Å²) in [6.45, 7) is 7.95. The summed E-state index contributed by atoms with van der Waals surface area (Å²) in [5.41, 5.74) is 5.17. The first-order valence-corrected chi connectivity index (χ1v) is 9.42. The van der Waals surface area contributed by atoms with E-state index in [1.807, 2.05) is 68.7 Å². The van der Waals surface area contributed by atoms with E-state index in [0.29, 0.717) is 5.16 Å². The Hall–Kier alpha value is -2.60. The van der Waals surface area contributed by atoms with Gasteiger partial charge in [-0.2, -0.15) is 0 Å². The molecule has 6 heteroatoms. The second kappa shape index (κ2) is 7.74. The molecule has 134 valence electrons. The van der Waals surface area contributed by atoms with Gasteiger partial charge in [-0.1, -0.05) is 42.1 Å². The van der Waals surface area contributed by atoms with Gasteiger partial charge in [0, 0.05) is 11.4 Å². The van der Waals surface area contributed by atoms with Crippen LogP contribution in [0, 0.1) is 27.7 Å². The molecule has 0 radical (unpaired) electrons. The topological polar surface area (TPSA) is 59.8 Å². The van der Waals surface area contributed by atoms with Crippen LogP contribution < -0.4 is 5.32 Å². The van der Waals surface area contributed by atoms with Crippen LogP contribution in [-0.4, -0.2) is 26.4 Å². The molecule has 2 aromatic carbocycles. The van der Waals surface area contributed by atoms with Crippen LogP contribution in [0.1, 0.15) is 22.5 Å². The highest BCUT2D eigenvalue weighted by Gasteiger charge is 2.14. The lowest BCUT2D eigenvalue weighted by Crippen LogP contribution is -2.16. The maximum atomic E-state index is 12.4. The van der Waals surface area contributed by atoms with Crippen molar-refractivity contribution in [2.75, 3.05) is 11.1 Å². The molecule has 3 rings (SSSR count). The van der Waals surface area contributed by atoms with Gasteiger partial charge >= 0.3 is 0 Å². The van der Waals surface area contributed by atoms with Gasteiger partial charge in [-0.15, -0.1) is 10.2 Å². The first kappa shape index (κ1) is 18.2. The molecule has 0 fully saturated rings. The number of nitrogens with one attached hydrogen (secondary N) is 1. The predicted octanol–water partition coefficient (Wildman–Crippen LogP) is 4.23. The van der Waals surface area contributed by atoms with E-state index in [1.165, 1.54) is 17.3 Å². The van der Waals surface area contributed by atoms with Crippen molar-refractivity contribution in [1.29, 1.82) is 0 Å². The molecule has 0 aliphatic heterocycles. The summed E-state index contributed by atoms with van der Waals surface area (Å²) in [5, 5.41) is 12.1. The molecule has 0 aliphatic rings. The fourth-order valence-electron chi connectivity index (χ4n) is 2.82. The number of rotatable bonds is 5. The summed E-state index contributed by atoms with van der Waals surface area (Å²) in [7, 11) is 0. The third kappa shape index (κ3) is 3.96. The average Bonchev–Trinajstić information content (AvgIpc) is 2.97. The Bertz CT molecular complexity index is 928. The SMILES string of the molecule is Cc1cccc(-n2c(C)nnc2SCC(=O)Nc2c(C)cccc2C)c1. The molecule has 0 bridgehead atoms. The number of hydrogen-bond donors (Lipinski definition) is 1. The number of carbonyl (C=O) groups is 1. The number of benzene rings is 2. The molecule has 5 nitrogen and oxygen atoms in total. The molecule has 3 aromatic rings. The summed E-state index contributed by atoms with van der Waals surface area (Å²) >= 11 is 1.38. The maximum Gasteiger partial charge on any atom is 0.234 e. The number of anilines is 1. The molecule has 0 spiro atoms. The van der Waals surface area contributed by atoms with Gasteiger partial charge < -0.3 is 5.32 Å². The zero-order chi connectivity index (χ0) is 18.7. The summed E-state index contributed by atoms with van der Waals surface area (Å²) in [6.07, 6.45) is 0. The lowest BCUT2D eigenvalue weighted by atomic mass is 10.1. The van der Waals surface area contributed by atoms with Crippen LogP contribution >= 0.6 is 11.8 Å². The molecule has 0 saturated heterocycles. The van der Waals surface area contributed by atoms with Gasteiger partial charge in [-0.3, -0.25) is 9.36 Å². The van der Waals surface area contributed by atoms with E-state index in [1.54, 1.807) is 0 Å². The third-order valence-corrected chi connectivity index (χ3v) is 5.06. The van der Waals surface area contributed by atoms with E-state index in [0.717, 1.165) is 28.3 Å². The van der Waals surface area contributed by atoms with Crippen LogP contribution in [0.4, 0.5) is 5.69 Å². The fraction of sp³-hybridized carbons (Fsp3) is 0.250. The zero-order valence-corrected chi connectivity index (χ0v) is 16.2. The van der Waals surface area contributed by atoms with Crippen molar-refractivity contribution in [1.82, 2.24) is 14.8 Å². The molecule has 0 atom stereocenters. The predicted molar refractivity (Wildman–Crippen MR) is 106 cm³/mol. The highest BCUT2D eigenvalue weighted by Crippen LogP contribution is 2.24. The Morgan fingerprint density at radius 1 is 1.04 bits per heavy atom. The van der Waals surface area contributed by atoms with Crippen molar-refractivity contribution >= 4 is 23.4 Å². The van der Waals surface area contributed by atoms with E-state index in [4.69, 9.17) is 0 Å². The number of thioether (sulfide) groups is 1. The van der Waals surface area contributed by atoms with Gasteiger partial charge in [0.15, 0.2) is 5.16 Å². The molecule has 0 aliphatic carbocycles. The Balaban J connectivity index is 1.74. The second-order valence-corrected chi connectivity index (χ2v) is 7.25. The Morgan fingerprint density at radius 3 is 2.42 bits per heavy atom. The zero-order valence-electron chi connectivity index (χ0n) is 15.4. The van der Waals surface area contributed by atoms with Gasteiger partial charge in [-0.25, -0.2) is 0 Å². The summed E-state index contributed by atoms with van der Waals surface area (Å²) < 4.78 is 1.98. The lowest BCUT2D eigenvalue weighted by molar-refractivity contribution is -0.113. The number of aryl methyl sites for hydroxylation is 4. The fourth-order valence-corrected chi connectivity index (χ4v) is 3.62. The summed E-state index contributed by atoms with van der Waals surface area (Å²) in [6, 6.07) is 14.1. The first-order chi connectivity index (χ1) is 12.5. The molecule has 0 saturated carbocycles. The average molecular weight is 366 g/mol. The summed E-state index contributed by atoms with van der Waals surface area (Å²) in [4.78, 5) is 12.4. The molecule has 1 aromatic heterocycles. The van der Waals surface area contributed by atoms with Crippen LogP contribution in [0.3, 0.4) is 0 Å². The van der Waals surface area contributed by atoms with Gasteiger partial charge in [0.1, 0.15) is 5.82 Å². The normalized spacial score (nSPS) is 10.8. The number of nitrogens with zero attached hydrogens (tertiary/aromatic N) is 3. The molecule has 1 heterocycles. The molecule has 1 amide bonds. The minimum Gasteiger partial charge on any atom is -0.325 e. The Kier molecular flexibility index (Phi) is 5.42. The van der Waals surface area contributed by atoms with Crippen LogP contribution in [-0.2, 0) is 4.79 Å². The Labute approximate surface area is 157 Å². The quantitative estimate of drug-likeness (QED) is 0.687. The van der Waals surface area contributed by atoms with Crippen molar-refractivity contribution in [3.63, 3.8) is 0 Å². The number of para-hydroxylation sites is 1. The van der Waals surface area contributed by atoms with Crippen molar-refractivity contribution in [2.45, 2.75) is 32.9 Å². The van der Waals surface area contributed by atoms with E-state index in [2.05, 4.69) is 21.6 Å². The summed E-state index contributed by atoms with van der Waals surface area (Å²) in [5.74, 6) is 1.02. The number of hydrogen-bond acceptors (Lipinski definition) is 4. The van der Waals surface area contributed by atoms with E-state index < -0.39 is 0 Å². The van der Waals surface area contributed by atoms with Crippen molar-refractivity contribution < 1.29 is 4.79 Å². The minimum absolute atomic E-state index is 0.0520. The van der Waals surface area contributed by atoms with Crippen LogP contribution in [0.25, 0.3) is 5.69 Å². The molecule has 26 heavy (non-hydrogen) atoms. The highest BCUT2D eigenvalue weighted by molar-refractivity contribution is 7.99. The molecule has 0 unspecified atom stereocenters. The van der Waals surface area contributed by atoms with Gasteiger partial charge in [0.05, 0.1) is 5.75 Å². The number of amides is 1. The smallest absolute Gasteiger partial charge is 0.234 e. The van der Waals surface area contributed by atoms with Crippen molar-refractivity contribution in [3.8, 4) is 5.69 Å². The Morgan fingerprint density at radius 2 is 1.73 bits per heavy atom. The molecular weight excluding hydrogens is 344 g/mol. The molecule has 1 N–H and O–H groups in total. The first-order valence-electron chi connectivity index (χ1n) is 8.43. The monoisotopic (exact) mass is 366 g/mol. The third-order valence-electron chi connectivity index (χ3n) is 4.13. The largest absolute Gasteiger partial charge is 0.325 e. The highest BCUT2D eigenvalue weighted by atomic mass is 32.2. The van der Waals surface area contributed by atoms with E-state index in [-0.39, 0.29) is 11.7 Å². The van der Waals surface area contributed by atoms with Crippen molar-refractivity contribution in [2.24, 2.45) is 0 Å². The number of carbonyl (C=O) groups excluding carboxylic acids is 1. The van der Waals surface area contributed by atoms with Gasteiger partial charge in [-0.05, 0) is 56.5 Å². The van der Waals surface area contributed by atoms with E-state index in [9.17, 15) is 4.79 Å². The van der Waals surface area contributed by atoms with Crippen LogP contribution in [0.5, 0.6) is 0 Å². The maximum absolute atomic E-state index is 12.4. The van der Waals surface area contributed by atoms with Crippen molar-refractivity contribution in [3.05, 3.63) is 65.0 Å². The van der Waals surface area contributed by atoms with Gasteiger partial charge in [0.25, 0.3) is 0 Å². The number of aromatic nitrogens is 3. The van der Waals surface area contributed by atoms with Crippen LogP contribution in [0.2, 0.25) is 0 Å².